The number of nitrogens with zero attached hydrogens (tertiary/aromatic N) is 2. The highest BCUT2D eigenvalue weighted by molar-refractivity contribution is 7.99. The molecular weight excluding hydrogens is 854 g/mol. The van der Waals surface area contributed by atoms with E-state index in [1.807, 2.05) is 28.8 Å². The predicted octanol–water partition coefficient (Wildman–Crippen LogP) is 14.6. The van der Waals surface area contributed by atoms with Crippen LogP contribution >= 0.6 is 23.1 Å². The molecule has 13 heteroatoms. The SMILES string of the molecule is CCCCCCCCCCNC[C@@H]1CSCN1C(=O)c1nc(-c2cc3ccccc3[nH]2)sc1-c1ccc(CCCCCCCCCC(F)(F)F)cc1.O=C(O)c1cccc2occc12. The van der Waals surface area contributed by atoms with E-state index in [9.17, 15) is 22.8 Å². The van der Waals surface area contributed by atoms with Crippen molar-refractivity contribution in [1.29, 1.82) is 0 Å². The molecule has 0 saturated carbocycles. The normalized spacial score (nSPS) is 14.1. The Labute approximate surface area is 383 Å². The molecule has 3 aromatic heterocycles. The number of nitrogens with one attached hydrogen (secondary N) is 2. The van der Waals surface area contributed by atoms with Crippen molar-refractivity contribution < 1.29 is 32.3 Å². The number of aromatic carboxylic acids is 1. The Balaban J connectivity index is 0.000000485. The number of aromatic amines is 1. The number of benzene rings is 3. The van der Waals surface area contributed by atoms with Crippen LogP contribution in [0.25, 0.3) is 43.0 Å². The number of thioether (sulfide) groups is 1. The number of halogens is 3. The zero-order chi connectivity index (χ0) is 45.2. The van der Waals surface area contributed by atoms with E-state index < -0.39 is 18.6 Å². The summed E-state index contributed by atoms with van der Waals surface area (Å²) >= 11 is 3.38. The lowest BCUT2D eigenvalue weighted by molar-refractivity contribution is -0.135. The van der Waals surface area contributed by atoms with Gasteiger partial charge in [-0.1, -0.05) is 133 Å². The fourth-order valence-electron chi connectivity index (χ4n) is 8.17. The number of aryl methyl sites for hydroxylation is 1. The Morgan fingerprint density at radius 2 is 1.56 bits per heavy atom. The minimum absolute atomic E-state index is 0.0000250. The van der Waals surface area contributed by atoms with Crippen LogP contribution in [0.15, 0.2) is 89.5 Å². The number of hydrogen-bond acceptors (Lipinski definition) is 7. The van der Waals surface area contributed by atoms with Gasteiger partial charge in [-0.25, -0.2) is 9.78 Å². The van der Waals surface area contributed by atoms with E-state index in [-0.39, 0.29) is 23.9 Å². The summed E-state index contributed by atoms with van der Waals surface area (Å²) in [6.07, 6.45) is 14.1. The van der Waals surface area contributed by atoms with Crippen LogP contribution in [-0.2, 0) is 6.42 Å². The first kappa shape index (κ1) is 48.9. The van der Waals surface area contributed by atoms with Gasteiger partial charge in [0.25, 0.3) is 5.91 Å². The van der Waals surface area contributed by atoms with Crippen molar-refractivity contribution in [3.8, 4) is 21.1 Å². The lowest BCUT2D eigenvalue weighted by Crippen LogP contribution is -2.43. The number of aromatic nitrogens is 2. The molecule has 3 N–H and O–H groups in total. The number of unbranched alkanes of at least 4 members (excludes halogenated alkanes) is 13. The van der Waals surface area contributed by atoms with Crippen LogP contribution in [0.2, 0.25) is 0 Å². The van der Waals surface area contributed by atoms with E-state index in [4.69, 9.17) is 14.5 Å². The maximum absolute atomic E-state index is 14.3. The molecule has 0 unspecified atom stereocenters. The Morgan fingerprint density at radius 1 is 0.859 bits per heavy atom. The molecule has 1 amide bonds. The number of para-hydroxylation sites is 1. The molecule has 0 radical (unpaired) electrons. The average Bonchev–Trinajstić information content (AvgIpc) is 4.13. The molecule has 1 fully saturated rings. The van der Waals surface area contributed by atoms with Crippen molar-refractivity contribution >= 4 is 56.8 Å². The second kappa shape index (κ2) is 25.2. The first-order valence-corrected chi connectivity index (χ1v) is 25.1. The van der Waals surface area contributed by atoms with Gasteiger partial charge < -0.3 is 24.7 Å². The fraction of sp³-hybridized carbons (Fsp3) is 0.471. The third-order valence-electron chi connectivity index (χ3n) is 11.8. The molecule has 1 saturated heterocycles. The van der Waals surface area contributed by atoms with E-state index in [2.05, 4.69) is 59.7 Å². The summed E-state index contributed by atoms with van der Waals surface area (Å²) < 4.78 is 42.0. The van der Waals surface area contributed by atoms with Crippen LogP contribution in [0, 0.1) is 0 Å². The quantitative estimate of drug-likeness (QED) is 0.0519. The number of thiazole rings is 1. The zero-order valence-electron chi connectivity index (χ0n) is 37.0. The highest BCUT2D eigenvalue weighted by Crippen LogP contribution is 2.38. The van der Waals surface area contributed by atoms with Crippen molar-refractivity contribution in [1.82, 2.24) is 20.2 Å². The first-order chi connectivity index (χ1) is 31.1. The number of carbonyl (C=O) groups is 2. The minimum atomic E-state index is -4.04. The summed E-state index contributed by atoms with van der Waals surface area (Å²) in [5, 5.41) is 15.0. The number of rotatable bonds is 24. The highest BCUT2D eigenvalue weighted by atomic mass is 32.2. The van der Waals surface area contributed by atoms with Crippen LogP contribution in [0.1, 0.15) is 136 Å². The molecule has 4 heterocycles. The molecule has 6 aromatic rings. The number of alkyl halides is 3. The molecule has 1 aliphatic rings. The number of carbonyl (C=O) groups excluding carboxylic acids is 1. The van der Waals surface area contributed by atoms with Gasteiger partial charge in [0, 0.05) is 35.0 Å². The third kappa shape index (κ3) is 14.7. The average molecular weight is 917 g/mol. The van der Waals surface area contributed by atoms with Gasteiger partial charge in [-0.15, -0.1) is 23.1 Å². The standard InChI is InChI=1S/C42H57F3N4OS2.C9H6O3/c1-2-3-4-5-6-10-13-18-27-46-29-35-30-51-31-49(35)41(50)38-39(52-40(48-38)37-28-34-20-15-16-21-36(34)47-37)33-24-22-32(23-25-33)19-14-11-8-7-9-12-17-26-42(43,44)45;10-9(11)7-2-1-3-8-6(7)4-5-12-8/h15-16,20-25,28,35,46-47H,2-14,17-19,26-27,29-31H2,1H3;1-5H,(H,10,11)/t35-;/m1./s1. The maximum atomic E-state index is 14.3. The number of carboxylic acids is 1. The van der Waals surface area contributed by atoms with Gasteiger partial charge >= 0.3 is 12.1 Å². The molecule has 0 spiro atoms. The van der Waals surface area contributed by atoms with Gasteiger partial charge in [0.2, 0.25) is 0 Å². The number of furan rings is 1. The van der Waals surface area contributed by atoms with E-state index in [0.717, 1.165) is 89.4 Å². The largest absolute Gasteiger partial charge is 0.478 e. The Hall–Kier alpha value is -4.59. The van der Waals surface area contributed by atoms with Gasteiger partial charge in [-0.2, -0.15) is 13.2 Å². The number of carboxylic acid groups (broad SMARTS) is 1. The topological polar surface area (TPSA) is 111 Å². The summed E-state index contributed by atoms with van der Waals surface area (Å²) in [5.74, 6) is 0.674. The van der Waals surface area contributed by atoms with Crippen molar-refractivity contribution in [2.75, 3.05) is 24.7 Å². The monoisotopic (exact) mass is 916 g/mol. The fourth-order valence-corrected chi connectivity index (χ4v) is 10.4. The summed E-state index contributed by atoms with van der Waals surface area (Å²) in [7, 11) is 0. The molecule has 3 aromatic carbocycles. The second-order valence-corrected chi connectivity index (χ2v) is 18.8. The van der Waals surface area contributed by atoms with Gasteiger partial charge in [0.15, 0.2) is 0 Å². The Bertz CT molecular complexity index is 2300. The van der Waals surface area contributed by atoms with Crippen LogP contribution < -0.4 is 5.32 Å². The Morgan fingerprint density at radius 3 is 2.28 bits per heavy atom. The smallest absolute Gasteiger partial charge is 0.389 e. The molecule has 1 atom stereocenters. The van der Waals surface area contributed by atoms with Crippen LogP contribution in [0.4, 0.5) is 13.2 Å². The lowest BCUT2D eigenvalue weighted by atomic mass is 10.0. The van der Waals surface area contributed by atoms with Gasteiger partial charge in [0.1, 0.15) is 16.3 Å². The number of hydrogen-bond donors (Lipinski definition) is 3. The molecule has 0 aliphatic carbocycles. The minimum Gasteiger partial charge on any atom is -0.478 e. The summed E-state index contributed by atoms with van der Waals surface area (Å²) in [4.78, 5) is 36.4. The number of amides is 1. The number of H-pyrrole nitrogens is 1. The molecule has 8 nitrogen and oxygen atoms in total. The molecule has 344 valence electrons. The zero-order valence-corrected chi connectivity index (χ0v) is 38.7. The molecule has 64 heavy (non-hydrogen) atoms. The highest BCUT2D eigenvalue weighted by Gasteiger charge is 2.33. The maximum Gasteiger partial charge on any atom is 0.389 e. The predicted molar refractivity (Wildman–Crippen MR) is 257 cm³/mol. The van der Waals surface area contributed by atoms with Gasteiger partial charge in [0.05, 0.1) is 34.3 Å². The molecular formula is C51H63F3N4O4S2. The van der Waals surface area contributed by atoms with Gasteiger partial charge in [-0.05, 0) is 73.7 Å². The third-order valence-corrected chi connectivity index (χ3v) is 14.0. The molecule has 0 bridgehead atoms. The van der Waals surface area contributed by atoms with Crippen molar-refractivity contribution in [2.45, 2.75) is 128 Å². The summed E-state index contributed by atoms with van der Waals surface area (Å²) in [6, 6.07) is 25.6. The summed E-state index contributed by atoms with van der Waals surface area (Å²) in [6.45, 7) is 4.05. The van der Waals surface area contributed by atoms with Crippen LogP contribution in [-0.4, -0.2) is 68.8 Å². The van der Waals surface area contributed by atoms with E-state index in [0.29, 0.717) is 29.0 Å². The van der Waals surface area contributed by atoms with Crippen LogP contribution in [0.3, 0.4) is 0 Å². The first-order valence-electron chi connectivity index (χ1n) is 23.1. The van der Waals surface area contributed by atoms with Crippen molar-refractivity contribution in [2.24, 2.45) is 0 Å². The molecule has 7 rings (SSSR count). The van der Waals surface area contributed by atoms with Crippen molar-refractivity contribution in [3.05, 3.63) is 102 Å². The second-order valence-electron chi connectivity index (χ2n) is 16.8. The molecule has 1 aliphatic heterocycles. The lowest BCUT2D eigenvalue weighted by Gasteiger charge is -2.24. The summed E-state index contributed by atoms with van der Waals surface area (Å²) in [5.41, 5.74) is 5.63. The van der Waals surface area contributed by atoms with E-state index >= 15 is 0 Å². The van der Waals surface area contributed by atoms with Crippen LogP contribution in [0.5, 0.6) is 0 Å². The van der Waals surface area contributed by atoms with Crippen molar-refractivity contribution in [3.63, 3.8) is 0 Å². The van der Waals surface area contributed by atoms with Gasteiger partial charge in [-0.3, -0.25) is 4.79 Å². The number of fused-ring (bicyclic) bond motifs is 2. The van der Waals surface area contributed by atoms with E-state index in [1.165, 1.54) is 63.2 Å². The Kier molecular flexibility index (Phi) is 19.2. The van der Waals surface area contributed by atoms with E-state index in [1.54, 1.807) is 35.6 Å².